The van der Waals surface area contributed by atoms with Crippen LogP contribution in [0.3, 0.4) is 0 Å². The summed E-state index contributed by atoms with van der Waals surface area (Å²) < 4.78 is 0. The molecular formula is C24H28N4O3S. The van der Waals surface area contributed by atoms with Gasteiger partial charge in [-0.05, 0) is 73.9 Å². The van der Waals surface area contributed by atoms with Crippen molar-refractivity contribution in [1.29, 1.82) is 0 Å². The van der Waals surface area contributed by atoms with Gasteiger partial charge in [0.2, 0.25) is 0 Å². The molecule has 0 unspecified atom stereocenters. The van der Waals surface area contributed by atoms with Gasteiger partial charge in [0.15, 0.2) is 0 Å². The zero-order valence-electron chi connectivity index (χ0n) is 18.7. The van der Waals surface area contributed by atoms with Gasteiger partial charge in [0.25, 0.3) is 0 Å². The second kappa shape index (κ2) is 8.26. The maximum atomic E-state index is 11.6. The summed E-state index contributed by atoms with van der Waals surface area (Å²) in [5, 5.41) is 24.8. The van der Waals surface area contributed by atoms with Crippen molar-refractivity contribution in [2.75, 3.05) is 5.32 Å². The third-order valence-electron chi connectivity index (χ3n) is 6.13. The van der Waals surface area contributed by atoms with Gasteiger partial charge in [-0.2, -0.15) is 0 Å². The number of hydrogen-bond donors (Lipinski definition) is 3. The van der Waals surface area contributed by atoms with Crippen LogP contribution in [0, 0.1) is 25.2 Å². The Bertz CT molecular complexity index is 1160. The number of nitrogens with one attached hydrogen (secondary N) is 1. The Balaban J connectivity index is 1.60. The molecule has 1 fully saturated rings. The van der Waals surface area contributed by atoms with E-state index in [1.54, 1.807) is 12.4 Å². The number of pyridine rings is 2. The molecule has 0 spiro atoms. The zero-order valence-corrected chi connectivity index (χ0v) is 19.5. The average molecular weight is 453 g/mol. The fourth-order valence-corrected chi connectivity index (χ4v) is 5.57. The molecule has 3 aromatic rings. The van der Waals surface area contributed by atoms with E-state index in [0.717, 1.165) is 27.5 Å². The van der Waals surface area contributed by atoms with E-state index in [-0.39, 0.29) is 0 Å². The molecule has 0 radical (unpaired) electrons. The monoisotopic (exact) mass is 452 g/mol. The predicted molar refractivity (Wildman–Crippen MR) is 125 cm³/mol. The summed E-state index contributed by atoms with van der Waals surface area (Å²) in [4.78, 5) is 26.1. The van der Waals surface area contributed by atoms with Gasteiger partial charge in [0.1, 0.15) is 22.2 Å². The van der Waals surface area contributed by atoms with Crippen molar-refractivity contribution in [1.82, 2.24) is 15.0 Å². The lowest BCUT2D eigenvalue weighted by atomic mass is 9.63. The van der Waals surface area contributed by atoms with Crippen LogP contribution in [-0.2, 0) is 10.4 Å². The molecule has 1 aliphatic rings. The molecule has 168 valence electrons. The van der Waals surface area contributed by atoms with Gasteiger partial charge >= 0.3 is 5.97 Å². The van der Waals surface area contributed by atoms with Crippen molar-refractivity contribution in [2.45, 2.75) is 52.6 Å². The molecule has 0 amide bonds. The van der Waals surface area contributed by atoms with Crippen molar-refractivity contribution in [3.05, 3.63) is 52.8 Å². The first-order valence-electron chi connectivity index (χ1n) is 10.7. The average Bonchev–Trinajstić information content (AvgIpc) is 3.17. The molecule has 7 nitrogen and oxygen atoms in total. The third kappa shape index (κ3) is 4.52. The summed E-state index contributed by atoms with van der Waals surface area (Å²) in [7, 11) is 0. The molecule has 4 rings (SSSR count). The molecular weight excluding hydrogens is 424 g/mol. The lowest BCUT2D eigenvalue weighted by molar-refractivity contribution is -0.154. The summed E-state index contributed by atoms with van der Waals surface area (Å²) in [6.45, 7) is 7.83. The number of carboxylic acid groups (broad SMARTS) is 1. The number of anilines is 2. The van der Waals surface area contributed by atoms with E-state index in [9.17, 15) is 15.0 Å². The van der Waals surface area contributed by atoms with Gasteiger partial charge in [0, 0.05) is 12.4 Å². The Kier molecular flexibility index (Phi) is 5.77. The van der Waals surface area contributed by atoms with Gasteiger partial charge in [0.05, 0.1) is 16.5 Å². The van der Waals surface area contributed by atoms with Crippen LogP contribution in [0.2, 0.25) is 0 Å². The largest absolute Gasteiger partial charge is 0.481 e. The highest BCUT2D eigenvalue weighted by atomic mass is 32.1. The van der Waals surface area contributed by atoms with Crippen molar-refractivity contribution < 1.29 is 15.0 Å². The number of carbonyl (C=O) groups is 1. The van der Waals surface area contributed by atoms with Gasteiger partial charge in [-0.1, -0.05) is 13.8 Å². The van der Waals surface area contributed by atoms with Crippen LogP contribution in [0.1, 0.15) is 49.2 Å². The Hall–Kier alpha value is -2.84. The van der Waals surface area contributed by atoms with Crippen LogP contribution in [0.5, 0.6) is 0 Å². The standard InChI is InChI=1S/C24H28N4O3S/c1-14-6-8-25-19(10-14)28-20-11-15(2)9-17(27-20)18-12-26-22(32-18)24(31)7-5-16(21(29)30)23(3,4)13-24/h6,8-12,16,31H,5,7,13H2,1-4H3,(H,29,30)(H,25,27,28)/t16-,24-/m0/s1. The summed E-state index contributed by atoms with van der Waals surface area (Å²) >= 11 is 1.41. The van der Waals surface area contributed by atoms with Crippen molar-refractivity contribution >= 4 is 28.9 Å². The molecule has 1 aliphatic carbocycles. The SMILES string of the molecule is Cc1ccnc(Nc2cc(C)cc(-c3cnc([C@]4(O)CC[C@@H](C(=O)O)C(C)(C)C4)s3)n2)c1. The number of aliphatic carboxylic acids is 1. The number of aryl methyl sites for hydroxylation is 2. The molecule has 3 aromatic heterocycles. The molecule has 8 heteroatoms. The highest BCUT2D eigenvalue weighted by Gasteiger charge is 2.49. The van der Waals surface area contributed by atoms with Gasteiger partial charge < -0.3 is 15.5 Å². The Morgan fingerprint density at radius 3 is 2.59 bits per heavy atom. The normalized spacial score (nSPS) is 22.5. The second-order valence-electron chi connectivity index (χ2n) is 9.41. The van der Waals surface area contributed by atoms with E-state index in [1.165, 1.54) is 11.3 Å². The van der Waals surface area contributed by atoms with E-state index in [2.05, 4.69) is 15.3 Å². The van der Waals surface area contributed by atoms with E-state index in [1.807, 2.05) is 52.0 Å². The molecule has 0 bridgehead atoms. The van der Waals surface area contributed by atoms with Crippen LogP contribution < -0.4 is 5.32 Å². The first-order chi connectivity index (χ1) is 15.1. The summed E-state index contributed by atoms with van der Waals surface area (Å²) in [6, 6.07) is 7.84. The highest BCUT2D eigenvalue weighted by molar-refractivity contribution is 7.15. The molecule has 1 saturated carbocycles. The fraction of sp³-hybridized carbons (Fsp3) is 0.417. The molecule has 3 N–H and O–H groups in total. The van der Waals surface area contributed by atoms with Crippen LogP contribution >= 0.6 is 11.3 Å². The minimum Gasteiger partial charge on any atom is -0.481 e. The topological polar surface area (TPSA) is 108 Å². The fourth-order valence-electron chi connectivity index (χ4n) is 4.58. The van der Waals surface area contributed by atoms with Crippen LogP contribution in [0.15, 0.2) is 36.7 Å². The first kappa shape index (κ1) is 22.4. The third-order valence-corrected chi connectivity index (χ3v) is 7.35. The number of nitrogens with zero attached hydrogens (tertiary/aromatic N) is 3. The molecule has 3 heterocycles. The number of aliphatic hydroxyl groups is 1. The number of rotatable bonds is 5. The quantitative estimate of drug-likeness (QED) is 0.496. The van der Waals surface area contributed by atoms with E-state index in [0.29, 0.717) is 30.1 Å². The Morgan fingerprint density at radius 2 is 1.91 bits per heavy atom. The predicted octanol–water partition coefficient (Wildman–Crippen LogP) is 5.06. The number of aromatic nitrogens is 3. The molecule has 32 heavy (non-hydrogen) atoms. The van der Waals surface area contributed by atoms with Crippen LogP contribution in [-0.4, -0.2) is 31.1 Å². The zero-order chi connectivity index (χ0) is 23.1. The second-order valence-corrected chi connectivity index (χ2v) is 10.4. The van der Waals surface area contributed by atoms with E-state index >= 15 is 0 Å². The van der Waals surface area contributed by atoms with Gasteiger partial charge in [-0.25, -0.2) is 15.0 Å². The van der Waals surface area contributed by atoms with Crippen molar-refractivity contribution in [3.63, 3.8) is 0 Å². The summed E-state index contributed by atoms with van der Waals surface area (Å²) in [5.41, 5.74) is 1.27. The minimum absolute atomic E-state index is 0.358. The molecule has 0 saturated heterocycles. The number of carboxylic acids is 1. The van der Waals surface area contributed by atoms with Crippen molar-refractivity contribution in [3.8, 4) is 10.6 Å². The maximum absolute atomic E-state index is 11.6. The van der Waals surface area contributed by atoms with Crippen LogP contribution in [0.25, 0.3) is 10.6 Å². The maximum Gasteiger partial charge on any atom is 0.307 e. The van der Waals surface area contributed by atoms with Gasteiger partial charge in [-0.3, -0.25) is 4.79 Å². The lowest BCUT2D eigenvalue weighted by Gasteiger charge is -2.44. The lowest BCUT2D eigenvalue weighted by Crippen LogP contribution is -2.44. The van der Waals surface area contributed by atoms with E-state index < -0.39 is 22.9 Å². The summed E-state index contributed by atoms with van der Waals surface area (Å²) in [6.07, 6.45) is 4.66. The van der Waals surface area contributed by atoms with Gasteiger partial charge in [-0.15, -0.1) is 11.3 Å². The smallest absolute Gasteiger partial charge is 0.307 e. The Labute approximate surface area is 191 Å². The van der Waals surface area contributed by atoms with Crippen LogP contribution in [0.4, 0.5) is 11.6 Å². The van der Waals surface area contributed by atoms with E-state index in [4.69, 9.17) is 4.98 Å². The molecule has 2 atom stereocenters. The Morgan fingerprint density at radius 1 is 1.16 bits per heavy atom. The number of thiazole rings is 1. The highest BCUT2D eigenvalue weighted by Crippen LogP contribution is 2.50. The number of hydrogen-bond acceptors (Lipinski definition) is 7. The molecule has 0 aliphatic heterocycles. The summed E-state index contributed by atoms with van der Waals surface area (Å²) in [5.74, 6) is 0.147. The first-order valence-corrected chi connectivity index (χ1v) is 11.5. The van der Waals surface area contributed by atoms with Crippen molar-refractivity contribution in [2.24, 2.45) is 11.3 Å². The minimum atomic E-state index is -1.13. The molecule has 0 aromatic carbocycles.